The van der Waals surface area contributed by atoms with Crippen molar-refractivity contribution < 1.29 is 4.74 Å². The zero-order valence-corrected chi connectivity index (χ0v) is 12.6. The molecule has 1 aliphatic heterocycles. The van der Waals surface area contributed by atoms with Crippen LogP contribution in [0.5, 0.6) is 0 Å². The number of hydrogen-bond acceptors (Lipinski definition) is 3. The van der Waals surface area contributed by atoms with Crippen LogP contribution < -0.4 is 11.1 Å². The molecule has 1 aliphatic carbocycles. The lowest BCUT2D eigenvalue weighted by molar-refractivity contribution is -0.153. The third kappa shape index (κ3) is 2.00. The van der Waals surface area contributed by atoms with E-state index in [4.69, 9.17) is 10.5 Å². The first-order valence-electron chi connectivity index (χ1n) is 7.42. The van der Waals surface area contributed by atoms with Crippen LogP contribution >= 0.6 is 0 Å². The number of nitrogens with one attached hydrogen (secondary N) is 1. The van der Waals surface area contributed by atoms with Crippen molar-refractivity contribution in [2.24, 2.45) is 28.9 Å². The second kappa shape index (κ2) is 4.77. The van der Waals surface area contributed by atoms with Gasteiger partial charge in [-0.3, -0.25) is 0 Å². The number of fused-ring (bicyclic) bond motifs is 1. The van der Waals surface area contributed by atoms with E-state index < -0.39 is 0 Å². The van der Waals surface area contributed by atoms with Crippen molar-refractivity contribution in [1.29, 1.82) is 0 Å². The van der Waals surface area contributed by atoms with Gasteiger partial charge < -0.3 is 15.8 Å². The van der Waals surface area contributed by atoms with Gasteiger partial charge in [0.25, 0.3) is 0 Å². The monoisotopic (exact) mass is 254 g/mol. The largest absolute Gasteiger partial charge is 0.377 e. The Kier molecular flexibility index (Phi) is 3.79. The third-order valence-corrected chi connectivity index (χ3v) is 5.69. The number of hydrogen-bond donors (Lipinski definition) is 2. The molecule has 3 nitrogen and oxygen atoms in total. The van der Waals surface area contributed by atoms with E-state index in [0.29, 0.717) is 17.9 Å². The quantitative estimate of drug-likeness (QED) is 0.789. The molecule has 3 heteroatoms. The van der Waals surface area contributed by atoms with Crippen LogP contribution in [0.4, 0.5) is 0 Å². The van der Waals surface area contributed by atoms with Crippen LogP contribution in [0.3, 0.4) is 0 Å². The van der Waals surface area contributed by atoms with Crippen LogP contribution in [-0.2, 0) is 4.74 Å². The second-order valence-corrected chi connectivity index (χ2v) is 7.30. The highest BCUT2D eigenvalue weighted by Gasteiger charge is 2.67. The molecular weight excluding hydrogens is 224 g/mol. The van der Waals surface area contributed by atoms with Crippen molar-refractivity contribution in [3.05, 3.63) is 0 Å². The van der Waals surface area contributed by atoms with Crippen LogP contribution in [0.15, 0.2) is 0 Å². The van der Waals surface area contributed by atoms with Crippen molar-refractivity contribution >= 4 is 0 Å². The minimum atomic E-state index is -0.0924. The van der Waals surface area contributed by atoms with Crippen LogP contribution in [0.1, 0.15) is 41.0 Å². The maximum Gasteiger partial charge on any atom is 0.0691 e. The maximum absolute atomic E-state index is 6.69. The zero-order valence-electron chi connectivity index (χ0n) is 12.6. The molecule has 0 aromatic heterocycles. The summed E-state index contributed by atoms with van der Waals surface area (Å²) in [7, 11) is 0. The standard InChI is InChI=1S/C15H30N2O/c1-10(2)11(3)8-17-9-15(16)12-6-7-18-13(12)14(15,4)5/h10-13,17H,6-9,16H2,1-5H3. The van der Waals surface area contributed by atoms with Crippen LogP contribution in [-0.4, -0.2) is 31.3 Å². The Labute approximate surface area is 112 Å². The molecule has 0 amide bonds. The van der Waals surface area contributed by atoms with Crippen molar-refractivity contribution in [2.45, 2.75) is 52.7 Å². The molecule has 1 heterocycles. The summed E-state index contributed by atoms with van der Waals surface area (Å²) >= 11 is 0. The van der Waals surface area contributed by atoms with E-state index >= 15 is 0 Å². The Balaban J connectivity index is 1.88. The summed E-state index contributed by atoms with van der Waals surface area (Å²) in [5.41, 5.74) is 6.69. The normalized spacial score (nSPS) is 39.5. The number of rotatable bonds is 5. The molecule has 4 unspecified atom stereocenters. The molecule has 0 aromatic carbocycles. The predicted molar refractivity (Wildman–Crippen MR) is 75.4 cm³/mol. The average molecular weight is 254 g/mol. The van der Waals surface area contributed by atoms with Gasteiger partial charge in [-0.1, -0.05) is 34.6 Å². The Morgan fingerprint density at radius 2 is 2.00 bits per heavy atom. The van der Waals surface area contributed by atoms with Crippen molar-refractivity contribution in [3.63, 3.8) is 0 Å². The molecule has 3 N–H and O–H groups in total. The molecule has 18 heavy (non-hydrogen) atoms. The van der Waals surface area contributed by atoms with Crippen molar-refractivity contribution in [1.82, 2.24) is 5.32 Å². The molecule has 2 fully saturated rings. The molecule has 1 saturated carbocycles. The molecule has 2 rings (SSSR count). The summed E-state index contributed by atoms with van der Waals surface area (Å²) in [6.45, 7) is 14.2. The smallest absolute Gasteiger partial charge is 0.0691 e. The minimum Gasteiger partial charge on any atom is -0.377 e. The summed E-state index contributed by atoms with van der Waals surface area (Å²) in [4.78, 5) is 0. The Bertz CT molecular complexity index is 303. The Hall–Kier alpha value is -0.120. The fourth-order valence-electron chi connectivity index (χ4n) is 3.58. The fourth-order valence-corrected chi connectivity index (χ4v) is 3.58. The van der Waals surface area contributed by atoms with E-state index in [2.05, 4.69) is 39.9 Å². The van der Waals surface area contributed by atoms with Gasteiger partial charge in [0.05, 0.1) is 6.10 Å². The van der Waals surface area contributed by atoms with E-state index in [9.17, 15) is 0 Å². The average Bonchev–Trinajstić information content (AvgIpc) is 2.76. The van der Waals surface area contributed by atoms with E-state index in [1.54, 1.807) is 0 Å². The number of ether oxygens (including phenoxy) is 1. The van der Waals surface area contributed by atoms with Crippen LogP contribution in [0.25, 0.3) is 0 Å². The van der Waals surface area contributed by atoms with Crippen LogP contribution in [0, 0.1) is 23.2 Å². The molecule has 0 spiro atoms. The minimum absolute atomic E-state index is 0.0924. The first-order chi connectivity index (χ1) is 8.30. The van der Waals surface area contributed by atoms with Gasteiger partial charge in [-0.2, -0.15) is 0 Å². The van der Waals surface area contributed by atoms with E-state index in [1.807, 2.05) is 0 Å². The first-order valence-corrected chi connectivity index (χ1v) is 7.42. The second-order valence-electron chi connectivity index (χ2n) is 7.30. The highest BCUT2D eigenvalue weighted by molar-refractivity contribution is 5.21. The lowest BCUT2D eigenvalue weighted by Gasteiger charge is -2.62. The van der Waals surface area contributed by atoms with Gasteiger partial charge in [0.2, 0.25) is 0 Å². The molecule has 0 aromatic rings. The molecule has 0 radical (unpaired) electrons. The topological polar surface area (TPSA) is 47.3 Å². The van der Waals surface area contributed by atoms with E-state index in [1.165, 1.54) is 0 Å². The summed E-state index contributed by atoms with van der Waals surface area (Å²) in [5.74, 6) is 1.98. The molecule has 4 atom stereocenters. The maximum atomic E-state index is 6.69. The SMILES string of the molecule is CC(C)C(C)CNCC1(N)C2CCOC2C1(C)C. The van der Waals surface area contributed by atoms with Gasteiger partial charge in [-0.25, -0.2) is 0 Å². The van der Waals surface area contributed by atoms with Gasteiger partial charge in [0.15, 0.2) is 0 Å². The van der Waals surface area contributed by atoms with Gasteiger partial charge in [0, 0.05) is 30.0 Å². The summed E-state index contributed by atoms with van der Waals surface area (Å²) in [6.07, 6.45) is 1.51. The first kappa shape index (κ1) is 14.3. The molecule has 2 aliphatic rings. The molecule has 106 valence electrons. The highest BCUT2D eigenvalue weighted by atomic mass is 16.5. The van der Waals surface area contributed by atoms with Gasteiger partial charge in [-0.05, 0) is 24.8 Å². The zero-order chi connectivity index (χ0) is 13.6. The lowest BCUT2D eigenvalue weighted by atomic mass is 9.48. The lowest BCUT2D eigenvalue weighted by Crippen LogP contribution is -2.78. The van der Waals surface area contributed by atoms with Crippen molar-refractivity contribution in [3.8, 4) is 0 Å². The fraction of sp³-hybridized carbons (Fsp3) is 1.00. The number of nitrogens with two attached hydrogens (primary N) is 1. The predicted octanol–water partition coefficient (Wildman–Crippen LogP) is 2.01. The third-order valence-electron chi connectivity index (χ3n) is 5.69. The Morgan fingerprint density at radius 3 is 2.61 bits per heavy atom. The van der Waals surface area contributed by atoms with E-state index in [-0.39, 0.29) is 11.0 Å². The molecular formula is C15H30N2O. The van der Waals surface area contributed by atoms with Crippen molar-refractivity contribution in [2.75, 3.05) is 19.7 Å². The summed E-state index contributed by atoms with van der Waals surface area (Å²) in [6, 6.07) is 0. The van der Waals surface area contributed by atoms with E-state index in [0.717, 1.165) is 32.0 Å². The highest BCUT2D eigenvalue weighted by Crippen LogP contribution is 2.57. The van der Waals surface area contributed by atoms with Gasteiger partial charge in [0.1, 0.15) is 0 Å². The van der Waals surface area contributed by atoms with Crippen LogP contribution in [0.2, 0.25) is 0 Å². The summed E-state index contributed by atoms with van der Waals surface area (Å²) < 4.78 is 5.82. The molecule has 1 saturated heterocycles. The van der Waals surface area contributed by atoms with Gasteiger partial charge >= 0.3 is 0 Å². The molecule has 0 bridgehead atoms. The van der Waals surface area contributed by atoms with Gasteiger partial charge in [-0.15, -0.1) is 0 Å². The summed E-state index contributed by atoms with van der Waals surface area (Å²) in [5, 5.41) is 3.60. The Morgan fingerprint density at radius 1 is 1.33 bits per heavy atom.